The van der Waals surface area contributed by atoms with E-state index in [1.54, 1.807) is 6.82 Å². The third kappa shape index (κ3) is 2.87. The van der Waals surface area contributed by atoms with Crippen LogP contribution in [0.5, 0.6) is 0 Å². The molecule has 0 radical (unpaired) electrons. The lowest BCUT2D eigenvalue weighted by molar-refractivity contribution is 0.00578. The summed E-state index contributed by atoms with van der Waals surface area (Å²) < 4.78 is 27.4. The summed E-state index contributed by atoms with van der Waals surface area (Å²) in [6.07, 6.45) is 2.44. The molecule has 4 nitrogen and oxygen atoms in total. The van der Waals surface area contributed by atoms with Gasteiger partial charge in [-0.25, -0.2) is 4.39 Å². The molecule has 7 heteroatoms. The van der Waals surface area contributed by atoms with E-state index in [2.05, 4.69) is 6.58 Å². The molecular weight excluding hydrogens is 307 g/mol. The molecule has 3 rings (SSSR count). The summed E-state index contributed by atoms with van der Waals surface area (Å²) in [6.45, 7) is 13.9. The van der Waals surface area contributed by atoms with Crippen molar-refractivity contribution in [3.8, 4) is 0 Å². The minimum atomic E-state index is -1.04. The standard InChI is InChI=1S/C17H30B2FNO3/c1-11(19-23-16(2,3)17(4,5)24-19)13-10-12-8-7-9-14(15(13)20)21(12)18(6)22/h12-15,22H,1,7-10H2,2-6H3/t12?,13-,14?,15+/m0/s1. The van der Waals surface area contributed by atoms with E-state index >= 15 is 4.39 Å². The van der Waals surface area contributed by atoms with Crippen LogP contribution in [0.1, 0.15) is 53.4 Å². The zero-order valence-electron chi connectivity index (χ0n) is 15.6. The van der Waals surface area contributed by atoms with Crippen LogP contribution in [0.3, 0.4) is 0 Å². The SMILES string of the molecule is C=C(B1OC(C)(C)C(C)(C)O1)[C@@H]1CC2CCCC([C@@H]1F)N2B(C)O. The molecule has 0 saturated carbocycles. The fraction of sp³-hybridized carbons (Fsp3) is 0.882. The van der Waals surface area contributed by atoms with Gasteiger partial charge in [0.1, 0.15) is 6.17 Å². The molecule has 0 aromatic rings. The van der Waals surface area contributed by atoms with Gasteiger partial charge in [0.05, 0.1) is 11.2 Å². The van der Waals surface area contributed by atoms with Crippen LogP contribution in [0.4, 0.5) is 4.39 Å². The number of rotatable bonds is 3. The molecule has 2 unspecified atom stereocenters. The Morgan fingerprint density at radius 2 is 1.83 bits per heavy atom. The highest BCUT2D eigenvalue weighted by Gasteiger charge is 2.56. The monoisotopic (exact) mass is 337 g/mol. The Morgan fingerprint density at radius 1 is 1.25 bits per heavy atom. The number of piperidine rings is 2. The van der Waals surface area contributed by atoms with Gasteiger partial charge in [0.25, 0.3) is 0 Å². The first kappa shape index (κ1) is 18.4. The summed E-state index contributed by atoms with van der Waals surface area (Å²) in [5.74, 6) is -0.273. The zero-order valence-corrected chi connectivity index (χ0v) is 15.6. The number of halogens is 1. The van der Waals surface area contributed by atoms with E-state index < -0.39 is 31.5 Å². The Balaban J connectivity index is 1.78. The van der Waals surface area contributed by atoms with Crippen molar-refractivity contribution in [2.45, 2.75) is 89.7 Å². The van der Waals surface area contributed by atoms with Crippen LogP contribution in [0.2, 0.25) is 6.82 Å². The first-order valence-corrected chi connectivity index (χ1v) is 9.19. The largest absolute Gasteiger partial charge is 0.490 e. The number of nitrogens with zero attached hydrogens (tertiary/aromatic N) is 1. The highest BCUT2D eigenvalue weighted by Crippen LogP contribution is 2.45. The molecular formula is C17H30B2FNO3. The van der Waals surface area contributed by atoms with Crippen LogP contribution in [0.25, 0.3) is 0 Å². The van der Waals surface area contributed by atoms with Crippen molar-refractivity contribution < 1.29 is 18.7 Å². The highest BCUT2D eigenvalue weighted by atomic mass is 19.1. The van der Waals surface area contributed by atoms with Crippen molar-refractivity contribution >= 4 is 14.2 Å². The minimum absolute atomic E-state index is 0.208. The van der Waals surface area contributed by atoms with Crippen LogP contribution in [-0.2, 0) is 9.31 Å². The predicted octanol–water partition coefficient (Wildman–Crippen LogP) is 2.87. The second-order valence-corrected chi connectivity index (χ2v) is 8.68. The lowest BCUT2D eigenvalue weighted by atomic mass is 9.61. The van der Waals surface area contributed by atoms with Gasteiger partial charge < -0.3 is 19.1 Å². The Morgan fingerprint density at radius 3 is 2.38 bits per heavy atom. The second kappa shape index (κ2) is 6.11. The van der Waals surface area contributed by atoms with Crippen LogP contribution in [0.15, 0.2) is 12.1 Å². The van der Waals surface area contributed by atoms with Crippen molar-refractivity contribution in [2.24, 2.45) is 5.92 Å². The van der Waals surface area contributed by atoms with Crippen molar-refractivity contribution in [2.75, 3.05) is 0 Å². The van der Waals surface area contributed by atoms with E-state index in [1.165, 1.54) is 0 Å². The summed E-state index contributed by atoms with van der Waals surface area (Å²) in [5.41, 5.74) is -0.172. The summed E-state index contributed by atoms with van der Waals surface area (Å²) in [6, 6.07) is -0.0263. The predicted molar refractivity (Wildman–Crippen MR) is 95.3 cm³/mol. The second-order valence-electron chi connectivity index (χ2n) is 8.68. The minimum Gasteiger partial charge on any atom is -0.437 e. The first-order valence-electron chi connectivity index (χ1n) is 9.19. The lowest BCUT2D eigenvalue weighted by Crippen LogP contribution is -2.63. The smallest absolute Gasteiger partial charge is 0.437 e. The molecule has 0 aromatic heterocycles. The lowest BCUT2D eigenvalue weighted by Gasteiger charge is -2.52. The van der Waals surface area contributed by atoms with Gasteiger partial charge in [-0.05, 0) is 59.3 Å². The molecule has 24 heavy (non-hydrogen) atoms. The molecule has 3 aliphatic heterocycles. The maximum atomic E-state index is 15.3. The summed E-state index contributed by atoms with van der Waals surface area (Å²) in [5, 5.41) is 10.1. The Labute approximate surface area is 146 Å². The van der Waals surface area contributed by atoms with Crippen LogP contribution >= 0.6 is 0 Å². The van der Waals surface area contributed by atoms with Gasteiger partial charge in [-0.15, -0.1) is 6.58 Å². The van der Waals surface area contributed by atoms with E-state index in [0.29, 0.717) is 11.9 Å². The van der Waals surface area contributed by atoms with Crippen LogP contribution in [0, 0.1) is 5.92 Å². The van der Waals surface area contributed by atoms with Gasteiger partial charge in [0.2, 0.25) is 0 Å². The normalized spacial score (nSPS) is 38.2. The number of alkyl halides is 1. The molecule has 0 spiro atoms. The van der Waals surface area contributed by atoms with E-state index in [4.69, 9.17) is 9.31 Å². The quantitative estimate of drug-likeness (QED) is 0.805. The molecule has 0 aliphatic carbocycles. The summed E-state index contributed by atoms with van der Waals surface area (Å²) in [7, 11) is -1.17. The van der Waals surface area contributed by atoms with Crippen LogP contribution in [-0.4, -0.2) is 53.5 Å². The van der Waals surface area contributed by atoms with E-state index in [-0.39, 0.29) is 18.0 Å². The van der Waals surface area contributed by atoms with Crippen molar-refractivity contribution in [1.29, 1.82) is 0 Å². The number of fused-ring (bicyclic) bond motifs is 2. The van der Waals surface area contributed by atoms with Gasteiger partial charge in [-0.1, -0.05) is 6.42 Å². The average molecular weight is 337 g/mol. The molecule has 0 amide bonds. The third-order valence-corrected chi connectivity index (χ3v) is 6.58. The van der Waals surface area contributed by atoms with E-state index in [9.17, 15) is 5.02 Å². The topological polar surface area (TPSA) is 41.9 Å². The number of hydrogen-bond acceptors (Lipinski definition) is 4. The van der Waals surface area contributed by atoms with Gasteiger partial charge in [-0.3, -0.25) is 0 Å². The van der Waals surface area contributed by atoms with Gasteiger partial charge >= 0.3 is 14.2 Å². The molecule has 3 heterocycles. The molecule has 134 valence electrons. The van der Waals surface area contributed by atoms with Crippen molar-refractivity contribution in [3.63, 3.8) is 0 Å². The van der Waals surface area contributed by atoms with Crippen LogP contribution < -0.4 is 0 Å². The van der Waals surface area contributed by atoms with Gasteiger partial charge in [0.15, 0.2) is 0 Å². The maximum absolute atomic E-state index is 15.3. The van der Waals surface area contributed by atoms with E-state index in [1.807, 2.05) is 32.5 Å². The molecule has 3 saturated heterocycles. The Kier molecular flexibility index (Phi) is 4.70. The number of allylic oxidation sites excluding steroid dienone is 1. The molecule has 0 aromatic carbocycles. The first-order chi connectivity index (χ1) is 11.0. The highest BCUT2D eigenvalue weighted by molar-refractivity contribution is 6.54. The fourth-order valence-electron chi connectivity index (χ4n) is 4.49. The van der Waals surface area contributed by atoms with Crippen molar-refractivity contribution in [1.82, 2.24) is 4.81 Å². The Bertz CT molecular complexity index is 498. The Hall–Kier alpha value is -0.360. The van der Waals surface area contributed by atoms with Gasteiger partial charge in [-0.2, -0.15) is 0 Å². The molecule has 2 bridgehead atoms. The molecule has 3 fully saturated rings. The molecule has 1 N–H and O–H groups in total. The number of hydrogen-bond donors (Lipinski definition) is 1. The maximum Gasteiger partial charge on any atom is 0.490 e. The fourth-order valence-corrected chi connectivity index (χ4v) is 4.49. The molecule has 4 atom stereocenters. The van der Waals surface area contributed by atoms with Crippen molar-refractivity contribution in [3.05, 3.63) is 12.1 Å². The van der Waals surface area contributed by atoms with E-state index in [0.717, 1.165) is 19.3 Å². The summed E-state index contributed by atoms with van der Waals surface area (Å²) >= 11 is 0. The third-order valence-electron chi connectivity index (χ3n) is 6.58. The zero-order chi connectivity index (χ0) is 17.9. The summed E-state index contributed by atoms with van der Waals surface area (Å²) in [4.78, 5) is 1.96. The molecule has 3 aliphatic rings. The average Bonchev–Trinajstić information content (AvgIpc) is 2.70. The van der Waals surface area contributed by atoms with Gasteiger partial charge in [0, 0.05) is 18.0 Å².